The van der Waals surface area contributed by atoms with Crippen molar-refractivity contribution in [3.8, 4) is 0 Å². The van der Waals surface area contributed by atoms with Gasteiger partial charge in [-0.3, -0.25) is 0 Å². The predicted molar refractivity (Wildman–Crippen MR) is 74.7 cm³/mol. The Bertz CT molecular complexity index is 554. The summed E-state index contributed by atoms with van der Waals surface area (Å²) >= 11 is 0. The van der Waals surface area contributed by atoms with Crippen LogP contribution in [0, 0.1) is 13.8 Å². The first kappa shape index (κ1) is 14.5. The number of nitrogens with zero attached hydrogens (tertiary/aromatic N) is 1. The molecule has 2 rings (SSSR count). The van der Waals surface area contributed by atoms with E-state index in [1.165, 1.54) is 0 Å². The molecule has 1 unspecified atom stereocenters. The minimum atomic E-state index is -3.41. The molecule has 0 amide bonds. The maximum absolute atomic E-state index is 12.8. The lowest BCUT2D eigenvalue weighted by Crippen LogP contribution is -2.38. The average molecular weight is 283 g/mol. The molecule has 0 saturated carbocycles. The fourth-order valence-corrected chi connectivity index (χ4v) is 4.59. The normalized spacial score (nSPS) is 20.9. The van der Waals surface area contributed by atoms with Crippen LogP contribution in [0.1, 0.15) is 24.0 Å². The van der Waals surface area contributed by atoms with E-state index < -0.39 is 10.0 Å². The van der Waals surface area contributed by atoms with Crippen LogP contribution >= 0.6 is 0 Å². The van der Waals surface area contributed by atoms with Gasteiger partial charge in [-0.1, -0.05) is 12.1 Å². The predicted octanol–water partition coefficient (Wildman–Crippen LogP) is 2.10. The summed E-state index contributed by atoms with van der Waals surface area (Å²) in [6, 6.07) is 5.52. The highest BCUT2D eigenvalue weighted by Gasteiger charge is 2.35. The Morgan fingerprint density at radius 2 is 2.11 bits per heavy atom. The van der Waals surface area contributed by atoms with E-state index in [-0.39, 0.29) is 6.04 Å². The topological polar surface area (TPSA) is 46.6 Å². The fourth-order valence-electron chi connectivity index (χ4n) is 2.60. The molecule has 0 radical (unpaired) electrons. The lowest BCUT2D eigenvalue weighted by Gasteiger charge is -2.24. The van der Waals surface area contributed by atoms with Gasteiger partial charge in [0.05, 0.1) is 11.5 Å². The van der Waals surface area contributed by atoms with Crippen LogP contribution in [0.3, 0.4) is 0 Å². The summed E-state index contributed by atoms with van der Waals surface area (Å²) in [5.74, 6) is 0. The van der Waals surface area contributed by atoms with Crippen molar-refractivity contribution in [1.29, 1.82) is 0 Å². The zero-order valence-corrected chi connectivity index (χ0v) is 12.5. The Balaban J connectivity index is 2.39. The molecule has 1 heterocycles. The second kappa shape index (κ2) is 5.61. The molecule has 1 aliphatic rings. The van der Waals surface area contributed by atoms with Crippen LogP contribution in [0.5, 0.6) is 0 Å². The van der Waals surface area contributed by atoms with Gasteiger partial charge in [0.15, 0.2) is 0 Å². The molecule has 106 valence electrons. The molecule has 1 aliphatic heterocycles. The van der Waals surface area contributed by atoms with Gasteiger partial charge < -0.3 is 4.74 Å². The van der Waals surface area contributed by atoms with Crippen molar-refractivity contribution in [2.75, 3.05) is 20.3 Å². The van der Waals surface area contributed by atoms with Gasteiger partial charge in [0.2, 0.25) is 10.0 Å². The van der Waals surface area contributed by atoms with E-state index in [0.29, 0.717) is 18.0 Å². The highest BCUT2D eigenvalue weighted by Crippen LogP contribution is 2.28. The molecular weight excluding hydrogens is 262 g/mol. The molecule has 1 aromatic rings. The molecular formula is C14H21NO3S. The van der Waals surface area contributed by atoms with Crippen LogP contribution in [0.2, 0.25) is 0 Å². The van der Waals surface area contributed by atoms with Crippen molar-refractivity contribution in [3.05, 3.63) is 29.3 Å². The molecule has 1 atom stereocenters. The van der Waals surface area contributed by atoms with E-state index in [4.69, 9.17) is 4.74 Å². The average Bonchev–Trinajstić information content (AvgIpc) is 2.81. The maximum Gasteiger partial charge on any atom is 0.243 e. The van der Waals surface area contributed by atoms with Crippen molar-refractivity contribution in [1.82, 2.24) is 4.31 Å². The summed E-state index contributed by atoms with van der Waals surface area (Å²) in [5.41, 5.74) is 1.76. The van der Waals surface area contributed by atoms with Gasteiger partial charge in [-0.15, -0.1) is 0 Å². The summed E-state index contributed by atoms with van der Waals surface area (Å²) in [4.78, 5) is 0.426. The van der Waals surface area contributed by atoms with Crippen molar-refractivity contribution in [3.63, 3.8) is 0 Å². The van der Waals surface area contributed by atoms with Crippen molar-refractivity contribution >= 4 is 10.0 Å². The number of methoxy groups -OCH3 is 1. The Labute approximate surface area is 115 Å². The number of aryl methyl sites for hydroxylation is 2. The molecule has 19 heavy (non-hydrogen) atoms. The minimum absolute atomic E-state index is 0.0325. The molecule has 1 aromatic carbocycles. The largest absolute Gasteiger partial charge is 0.383 e. The third-order valence-electron chi connectivity index (χ3n) is 3.61. The van der Waals surface area contributed by atoms with Crippen molar-refractivity contribution in [2.24, 2.45) is 0 Å². The van der Waals surface area contributed by atoms with Crippen molar-refractivity contribution < 1.29 is 13.2 Å². The van der Waals surface area contributed by atoms with Crippen molar-refractivity contribution in [2.45, 2.75) is 37.6 Å². The van der Waals surface area contributed by atoms with Gasteiger partial charge >= 0.3 is 0 Å². The Morgan fingerprint density at radius 1 is 1.37 bits per heavy atom. The number of sulfonamides is 1. The molecule has 1 fully saturated rings. The van der Waals surface area contributed by atoms with E-state index >= 15 is 0 Å². The number of benzene rings is 1. The quantitative estimate of drug-likeness (QED) is 0.850. The summed E-state index contributed by atoms with van der Waals surface area (Å²) < 4.78 is 32.3. The van der Waals surface area contributed by atoms with E-state index in [9.17, 15) is 8.42 Å². The summed E-state index contributed by atoms with van der Waals surface area (Å²) in [6.45, 7) is 4.80. The second-order valence-corrected chi connectivity index (χ2v) is 7.00. The first-order valence-electron chi connectivity index (χ1n) is 6.55. The molecule has 5 heteroatoms. The van der Waals surface area contributed by atoms with Gasteiger partial charge in [-0.2, -0.15) is 4.31 Å². The SMILES string of the molecule is COCC1CCCN1S(=O)(=O)c1cc(C)ccc1C. The molecule has 1 saturated heterocycles. The van der Waals surface area contributed by atoms with Gasteiger partial charge in [0.25, 0.3) is 0 Å². The molecule has 0 aromatic heterocycles. The highest BCUT2D eigenvalue weighted by molar-refractivity contribution is 7.89. The van der Waals surface area contributed by atoms with Gasteiger partial charge in [0.1, 0.15) is 0 Å². The number of hydrogen-bond acceptors (Lipinski definition) is 3. The number of ether oxygens (including phenoxy) is 1. The Hall–Kier alpha value is -0.910. The smallest absolute Gasteiger partial charge is 0.243 e. The lowest BCUT2D eigenvalue weighted by molar-refractivity contribution is 0.149. The zero-order chi connectivity index (χ0) is 14.0. The second-order valence-electron chi connectivity index (χ2n) is 5.14. The van der Waals surface area contributed by atoms with Gasteiger partial charge in [-0.05, 0) is 43.9 Å². The Kier molecular flexibility index (Phi) is 4.28. The van der Waals surface area contributed by atoms with Crippen LogP contribution < -0.4 is 0 Å². The standard InChI is InChI=1S/C14H21NO3S/c1-11-6-7-12(2)14(9-11)19(16,17)15-8-4-5-13(15)10-18-3/h6-7,9,13H,4-5,8,10H2,1-3H3. The molecule has 4 nitrogen and oxygen atoms in total. The molecule has 0 spiro atoms. The molecule has 0 N–H and O–H groups in total. The van der Waals surface area contributed by atoms with E-state index in [2.05, 4.69) is 0 Å². The maximum atomic E-state index is 12.8. The lowest BCUT2D eigenvalue weighted by atomic mass is 10.2. The minimum Gasteiger partial charge on any atom is -0.383 e. The van der Waals surface area contributed by atoms with Crippen LogP contribution in [-0.2, 0) is 14.8 Å². The van der Waals surface area contributed by atoms with E-state index in [1.807, 2.05) is 26.0 Å². The van der Waals surface area contributed by atoms with Crippen LogP contribution in [0.25, 0.3) is 0 Å². The van der Waals surface area contributed by atoms with E-state index in [1.54, 1.807) is 17.5 Å². The van der Waals surface area contributed by atoms with Gasteiger partial charge in [-0.25, -0.2) is 8.42 Å². The number of hydrogen-bond donors (Lipinski definition) is 0. The van der Waals surface area contributed by atoms with Crippen LogP contribution in [-0.4, -0.2) is 39.0 Å². The fraction of sp³-hybridized carbons (Fsp3) is 0.571. The summed E-state index contributed by atoms with van der Waals surface area (Å²) in [6.07, 6.45) is 1.77. The van der Waals surface area contributed by atoms with E-state index in [0.717, 1.165) is 24.0 Å². The summed E-state index contributed by atoms with van der Waals surface area (Å²) in [7, 11) is -1.80. The summed E-state index contributed by atoms with van der Waals surface area (Å²) in [5, 5.41) is 0. The first-order chi connectivity index (χ1) is 8.96. The highest BCUT2D eigenvalue weighted by atomic mass is 32.2. The van der Waals surface area contributed by atoms with Gasteiger partial charge in [0, 0.05) is 19.7 Å². The first-order valence-corrected chi connectivity index (χ1v) is 7.99. The monoisotopic (exact) mass is 283 g/mol. The zero-order valence-electron chi connectivity index (χ0n) is 11.7. The van der Waals surface area contributed by atoms with Crippen LogP contribution in [0.4, 0.5) is 0 Å². The molecule has 0 bridgehead atoms. The molecule has 0 aliphatic carbocycles. The third-order valence-corrected chi connectivity index (χ3v) is 5.71. The number of rotatable bonds is 4. The Morgan fingerprint density at radius 3 is 2.79 bits per heavy atom. The third kappa shape index (κ3) is 2.83. The van der Waals surface area contributed by atoms with Crippen LogP contribution in [0.15, 0.2) is 23.1 Å².